The quantitative estimate of drug-likeness (QED) is 0.308. The molecule has 32 heavy (non-hydrogen) atoms. The third-order valence-electron chi connectivity index (χ3n) is 5.95. The molecular weight excluding hydrogens is 390 g/mol. The number of hydrogen-bond donors (Lipinski definition) is 0. The number of aromatic nitrogens is 3. The zero-order valence-electron chi connectivity index (χ0n) is 17.7. The van der Waals surface area contributed by atoms with E-state index < -0.39 is 0 Å². The van der Waals surface area contributed by atoms with Crippen molar-refractivity contribution in [2.24, 2.45) is 0 Å². The van der Waals surface area contributed by atoms with Gasteiger partial charge in [0.2, 0.25) is 5.95 Å². The molecule has 152 valence electrons. The molecule has 0 spiro atoms. The van der Waals surface area contributed by atoms with Crippen LogP contribution in [-0.2, 0) is 0 Å². The Hall–Kier alpha value is -4.24. The Balaban J connectivity index is 1.72. The molecular formula is C29H21N3. The summed E-state index contributed by atoms with van der Waals surface area (Å²) in [6.07, 6.45) is 0. The minimum Gasteiger partial charge on any atom is -0.278 e. The first kappa shape index (κ1) is 18.5. The fraction of sp³-hybridized carbons (Fsp3) is 0.0345. The third-order valence-corrected chi connectivity index (χ3v) is 5.95. The maximum Gasteiger partial charge on any atom is 0.235 e. The first-order valence-corrected chi connectivity index (χ1v) is 10.8. The van der Waals surface area contributed by atoms with E-state index >= 15 is 0 Å². The van der Waals surface area contributed by atoms with Crippen molar-refractivity contribution in [3.05, 3.63) is 115 Å². The SMILES string of the molecule is Cc1cccc2c3ccccc3n(-c3nc(-c4ccccc4)cc(-c4ccccc4)n3)c12. The highest BCUT2D eigenvalue weighted by molar-refractivity contribution is 6.10. The van der Waals surface area contributed by atoms with Gasteiger partial charge < -0.3 is 0 Å². The van der Waals surface area contributed by atoms with Crippen LogP contribution in [0.15, 0.2) is 109 Å². The molecule has 3 nitrogen and oxygen atoms in total. The van der Waals surface area contributed by atoms with Crippen molar-refractivity contribution in [3.8, 4) is 28.5 Å². The van der Waals surface area contributed by atoms with Gasteiger partial charge >= 0.3 is 0 Å². The van der Waals surface area contributed by atoms with Crippen LogP contribution in [-0.4, -0.2) is 14.5 Å². The molecule has 0 aliphatic rings. The van der Waals surface area contributed by atoms with Gasteiger partial charge in [-0.1, -0.05) is 97.1 Å². The molecule has 6 rings (SSSR count). The third kappa shape index (κ3) is 2.98. The summed E-state index contributed by atoms with van der Waals surface area (Å²) >= 11 is 0. The van der Waals surface area contributed by atoms with Gasteiger partial charge in [-0.15, -0.1) is 0 Å². The molecule has 0 saturated carbocycles. The molecule has 0 saturated heterocycles. The molecule has 4 aromatic carbocycles. The summed E-state index contributed by atoms with van der Waals surface area (Å²) in [4.78, 5) is 10.1. The lowest BCUT2D eigenvalue weighted by Gasteiger charge is -2.12. The summed E-state index contributed by atoms with van der Waals surface area (Å²) in [6.45, 7) is 2.15. The predicted octanol–water partition coefficient (Wildman–Crippen LogP) is 7.22. The highest BCUT2D eigenvalue weighted by Gasteiger charge is 2.17. The van der Waals surface area contributed by atoms with Gasteiger partial charge in [0.15, 0.2) is 0 Å². The largest absolute Gasteiger partial charge is 0.278 e. The smallest absolute Gasteiger partial charge is 0.235 e. The number of para-hydroxylation sites is 2. The number of rotatable bonds is 3. The van der Waals surface area contributed by atoms with Gasteiger partial charge in [0.1, 0.15) is 0 Å². The Morgan fingerprint density at radius 2 is 1.12 bits per heavy atom. The molecule has 3 heteroatoms. The Labute approximate surface area is 186 Å². The van der Waals surface area contributed by atoms with Crippen LogP contribution < -0.4 is 0 Å². The molecule has 2 heterocycles. The maximum absolute atomic E-state index is 5.06. The van der Waals surface area contributed by atoms with E-state index in [1.165, 1.54) is 16.3 Å². The van der Waals surface area contributed by atoms with Crippen molar-refractivity contribution in [1.29, 1.82) is 0 Å². The highest BCUT2D eigenvalue weighted by atomic mass is 15.2. The summed E-state index contributed by atoms with van der Waals surface area (Å²) in [7, 11) is 0. The summed E-state index contributed by atoms with van der Waals surface area (Å²) in [5, 5.41) is 2.43. The topological polar surface area (TPSA) is 30.7 Å². The first-order valence-electron chi connectivity index (χ1n) is 10.8. The van der Waals surface area contributed by atoms with Crippen LogP contribution in [0.2, 0.25) is 0 Å². The number of benzene rings is 4. The molecule has 0 aliphatic carbocycles. The second-order valence-electron chi connectivity index (χ2n) is 7.99. The lowest BCUT2D eigenvalue weighted by molar-refractivity contribution is 0.992. The van der Waals surface area contributed by atoms with Gasteiger partial charge in [0.25, 0.3) is 0 Å². The summed E-state index contributed by atoms with van der Waals surface area (Å²) in [6, 6.07) is 37.6. The molecule has 0 unspecified atom stereocenters. The zero-order valence-corrected chi connectivity index (χ0v) is 17.7. The van der Waals surface area contributed by atoms with Gasteiger partial charge in [-0.05, 0) is 24.6 Å². The van der Waals surface area contributed by atoms with Crippen LogP contribution in [0.25, 0.3) is 50.3 Å². The molecule has 6 aromatic rings. The minimum absolute atomic E-state index is 0.686. The molecule has 0 fully saturated rings. The average molecular weight is 412 g/mol. The molecule has 0 N–H and O–H groups in total. The molecule has 0 radical (unpaired) electrons. The number of fused-ring (bicyclic) bond motifs is 3. The molecule has 0 aliphatic heterocycles. The number of hydrogen-bond acceptors (Lipinski definition) is 2. The van der Waals surface area contributed by atoms with Crippen molar-refractivity contribution in [2.45, 2.75) is 6.92 Å². The van der Waals surface area contributed by atoms with Crippen LogP contribution in [0.5, 0.6) is 0 Å². The normalized spacial score (nSPS) is 11.3. The first-order chi connectivity index (χ1) is 15.8. The number of aryl methyl sites for hydroxylation is 1. The summed E-state index contributed by atoms with van der Waals surface area (Å²) in [5.74, 6) is 0.686. The van der Waals surface area contributed by atoms with Crippen LogP contribution in [0.1, 0.15) is 5.56 Å². The molecule has 2 aromatic heterocycles. The average Bonchev–Trinajstić information content (AvgIpc) is 3.21. The lowest BCUT2D eigenvalue weighted by Crippen LogP contribution is -2.04. The van der Waals surface area contributed by atoms with E-state index in [9.17, 15) is 0 Å². The van der Waals surface area contributed by atoms with E-state index in [1.807, 2.05) is 36.4 Å². The Morgan fingerprint density at radius 3 is 1.78 bits per heavy atom. The lowest BCUT2D eigenvalue weighted by atomic mass is 10.1. The van der Waals surface area contributed by atoms with Crippen LogP contribution >= 0.6 is 0 Å². The van der Waals surface area contributed by atoms with Gasteiger partial charge in [-0.3, -0.25) is 4.57 Å². The molecule has 0 atom stereocenters. The second kappa shape index (κ2) is 7.47. The molecule has 0 bridgehead atoms. The summed E-state index contributed by atoms with van der Waals surface area (Å²) in [5.41, 5.74) is 7.44. The fourth-order valence-electron chi connectivity index (χ4n) is 4.45. The van der Waals surface area contributed by atoms with Gasteiger partial charge in [-0.25, -0.2) is 9.97 Å². The van der Waals surface area contributed by atoms with Crippen molar-refractivity contribution >= 4 is 21.8 Å². The van der Waals surface area contributed by atoms with E-state index in [0.29, 0.717) is 5.95 Å². The van der Waals surface area contributed by atoms with E-state index in [2.05, 4.69) is 84.3 Å². The van der Waals surface area contributed by atoms with Gasteiger partial charge in [0, 0.05) is 21.9 Å². The van der Waals surface area contributed by atoms with Crippen molar-refractivity contribution < 1.29 is 0 Å². The van der Waals surface area contributed by atoms with Crippen molar-refractivity contribution in [2.75, 3.05) is 0 Å². The summed E-state index contributed by atoms with van der Waals surface area (Å²) < 4.78 is 2.21. The van der Waals surface area contributed by atoms with Crippen LogP contribution in [0.4, 0.5) is 0 Å². The second-order valence-corrected chi connectivity index (χ2v) is 7.99. The number of nitrogens with zero attached hydrogens (tertiary/aromatic N) is 3. The van der Waals surface area contributed by atoms with E-state index in [0.717, 1.165) is 33.5 Å². The standard InChI is InChI=1S/C29H21N3/c1-20-11-10-17-24-23-16-8-9-18-27(23)32(28(20)24)29-30-25(21-12-4-2-5-13-21)19-26(31-29)22-14-6-3-7-15-22/h2-19H,1H3. The fourth-order valence-corrected chi connectivity index (χ4v) is 4.45. The zero-order chi connectivity index (χ0) is 21.5. The van der Waals surface area contributed by atoms with Crippen molar-refractivity contribution in [3.63, 3.8) is 0 Å². The predicted molar refractivity (Wildman–Crippen MR) is 132 cm³/mol. The molecule has 0 amide bonds. The Bertz CT molecular complexity index is 1510. The van der Waals surface area contributed by atoms with Crippen LogP contribution in [0.3, 0.4) is 0 Å². The minimum atomic E-state index is 0.686. The van der Waals surface area contributed by atoms with E-state index in [4.69, 9.17) is 9.97 Å². The van der Waals surface area contributed by atoms with E-state index in [1.54, 1.807) is 0 Å². The monoisotopic (exact) mass is 411 g/mol. The van der Waals surface area contributed by atoms with Gasteiger partial charge in [0.05, 0.1) is 22.4 Å². The van der Waals surface area contributed by atoms with Gasteiger partial charge in [-0.2, -0.15) is 0 Å². The van der Waals surface area contributed by atoms with E-state index in [-0.39, 0.29) is 0 Å². The van der Waals surface area contributed by atoms with Crippen LogP contribution in [0, 0.1) is 6.92 Å². The van der Waals surface area contributed by atoms with Crippen molar-refractivity contribution in [1.82, 2.24) is 14.5 Å². The Kier molecular flexibility index (Phi) is 4.32. The Morgan fingerprint density at radius 1 is 0.562 bits per heavy atom. The maximum atomic E-state index is 5.06. The highest BCUT2D eigenvalue weighted by Crippen LogP contribution is 2.34.